The van der Waals surface area contributed by atoms with Crippen LogP contribution < -0.4 is 5.73 Å². The number of carboxylic acid groups (broad SMARTS) is 1. The van der Waals surface area contributed by atoms with Gasteiger partial charge in [0.05, 0.1) is 25.4 Å². The third kappa shape index (κ3) is 35.7. The number of hydrogen-bond donors (Lipinski definition) is 5. The molecule has 0 bridgehead atoms. The number of esters is 2. The number of phosphoric acid groups is 1. The number of carbonyl (C=O) groups is 3. The van der Waals surface area contributed by atoms with E-state index in [-0.39, 0.29) is 32.1 Å². The predicted octanol–water partition coefficient (Wildman–Crippen LogP) is 8.66. The van der Waals surface area contributed by atoms with Crippen molar-refractivity contribution in [2.45, 2.75) is 154 Å². The zero-order valence-corrected chi connectivity index (χ0v) is 35.7. The summed E-state index contributed by atoms with van der Waals surface area (Å²) in [4.78, 5) is 45.9. The lowest BCUT2D eigenvalue weighted by Gasteiger charge is -2.20. The maximum Gasteiger partial charge on any atom is 0.472 e. The van der Waals surface area contributed by atoms with Crippen LogP contribution in [0.1, 0.15) is 129 Å². The molecule has 0 rings (SSSR count). The first-order valence-corrected chi connectivity index (χ1v) is 22.3. The molecule has 0 aromatic carbocycles. The summed E-state index contributed by atoms with van der Waals surface area (Å²) in [5, 5.41) is 29.5. The van der Waals surface area contributed by atoms with Gasteiger partial charge in [-0.1, -0.05) is 112 Å². The monoisotopic (exact) mass is 837 g/mol. The van der Waals surface area contributed by atoms with Crippen LogP contribution in [0.15, 0.2) is 85.1 Å². The third-order valence-electron chi connectivity index (χ3n) is 8.33. The van der Waals surface area contributed by atoms with Crippen LogP contribution in [0.3, 0.4) is 0 Å². The van der Waals surface area contributed by atoms with Crippen LogP contribution in [0.5, 0.6) is 0 Å². The predicted molar refractivity (Wildman–Crippen MR) is 229 cm³/mol. The highest BCUT2D eigenvalue weighted by molar-refractivity contribution is 7.47. The molecule has 0 aliphatic rings. The first-order chi connectivity index (χ1) is 27.9. The van der Waals surface area contributed by atoms with Crippen molar-refractivity contribution in [3.05, 3.63) is 85.1 Å². The number of aliphatic hydroxyl groups excluding tert-OH is 2. The lowest BCUT2D eigenvalue weighted by atomic mass is 10.0. The summed E-state index contributed by atoms with van der Waals surface area (Å²) in [6, 6.07) is -1.57. The molecule has 5 atom stereocenters. The van der Waals surface area contributed by atoms with Gasteiger partial charge < -0.3 is 35.4 Å². The van der Waals surface area contributed by atoms with Crippen LogP contribution in [-0.2, 0) is 37.5 Å². The van der Waals surface area contributed by atoms with Crippen LogP contribution >= 0.6 is 7.82 Å². The summed E-state index contributed by atoms with van der Waals surface area (Å²) in [7, 11) is -4.80. The number of aliphatic hydroxyl groups is 2. The van der Waals surface area contributed by atoms with Crippen molar-refractivity contribution in [1.29, 1.82) is 0 Å². The molecule has 0 saturated carbocycles. The number of aliphatic carboxylic acids is 1. The van der Waals surface area contributed by atoms with Crippen molar-refractivity contribution < 1.29 is 57.7 Å². The maximum atomic E-state index is 12.6. The summed E-state index contributed by atoms with van der Waals surface area (Å²) < 4.78 is 32.4. The second-order valence-corrected chi connectivity index (χ2v) is 15.1. The summed E-state index contributed by atoms with van der Waals surface area (Å²) in [6.45, 7) is 2.29. The Labute approximate surface area is 347 Å². The standard InChI is InChI=1S/C44H72NO12P/c1-3-5-7-9-11-13-15-17-18-19-21-23-25-27-29-33-43(49)57-38(36-55-58(52,53)56-37-39(45)44(50)51)35-54-42(48)34-30-32-41(47)40(46)31-28-26-24-22-20-16-14-12-10-8-6-4-2/h6,8,11-14,17-18,20-23,26,28,38-41,46-47H,3-5,7,9-10,15-16,19,24-25,27,29-37,45H2,1-2H3,(H,50,51)(H,52,53)/b8-6-,13-11-,14-12-,18-17-,22-20-,23-21-,28-26-/t38-,39+,40+,41+/m1/s1. The Balaban J connectivity index is 4.72. The average Bonchev–Trinajstić information content (AvgIpc) is 3.19. The van der Waals surface area contributed by atoms with E-state index in [0.29, 0.717) is 12.8 Å². The van der Waals surface area contributed by atoms with E-state index in [1.54, 1.807) is 6.08 Å². The second-order valence-electron chi connectivity index (χ2n) is 13.7. The van der Waals surface area contributed by atoms with Gasteiger partial charge in [0, 0.05) is 12.8 Å². The number of rotatable bonds is 37. The highest BCUT2D eigenvalue weighted by Gasteiger charge is 2.28. The molecule has 13 nitrogen and oxygen atoms in total. The molecule has 0 aliphatic carbocycles. The largest absolute Gasteiger partial charge is 0.480 e. The van der Waals surface area contributed by atoms with E-state index >= 15 is 0 Å². The normalized spacial score (nSPS) is 15.7. The first kappa shape index (κ1) is 54.6. The number of hydrogen-bond acceptors (Lipinski definition) is 11. The van der Waals surface area contributed by atoms with Crippen LogP contribution in [0.25, 0.3) is 0 Å². The zero-order chi connectivity index (χ0) is 43.1. The molecule has 0 aliphatic heterocycles. The van der Waals surface area contributed by atoms with Gasteiger partial charge >= 0.3 is 25.7 Å². The number of phosphoric ester groups is 1. The molecular weight excluding hydrogens is 765 g/mol. The molecule has 0 radical (unpaired) electrons. The van der Waals surface area contributed by atoms with E-state index in [1.165, 1.54) is 19.3 Å². The molecule has 6 N–H and O–H groups in total. The highest BCUT2D eigenvalue weighted by Crippen LogP contribution is 2.43. The lowest BCUT2D eigenvalue weighted by Crippen LogP contribution is -2.34. The third-order valence-corrected chi connectivity index (χ3v) is 9.28. The van der Waals surface area contributed by atoms with Gasteiger partial charge in [-0.15, -0.1) is 0 Å². The van der Waals surface area contributed by atoms with Crippen LogP contribution in [0.2, 0.25) is 0 Å². The molecule has 0 heterocycles. The smallest absolute Gasteiger partial charge is 0.472 e. The molecule has 0 saturated heterocycles. The topological polar surface area (TPSA) is 212 Å². The Bertz CT molecular complexity index is 1340. The minimum absolute atomic E-state index is 0.0463. The highest BCUT2D eigenvalue weighted by atomic mass is 31.2. The molecule has 0 fully saturated rings. The lowest BCUT2D eigenvalue weighted by molar-refractivity contribution is -0.161. The molecule has 330 valence electrons. The average molecular weight is 838 g/mol. The number of allylic oxidation sites excluding steroid dienone is 13. The van der Waals surface area contributed by atoms with Crippen LogP contribution in [-0.4, -0.2) is 82.3 Å². The van der Waals surface area contributed by atoms with Crippen molar-refractivity contribution in [3.63, 3.8) is 0 Å². The van der Waals surface area contributed by atoms with Crippen molar-refractivity contribution in [2.24, 2.45) is 5.73 Å². The molecule has 1 unspecified atom stereocenters. The fraction of sp³-hybridized carbons (Fsp3) is 0.614. The number of nitrogens with two attached hydrogens (primary N) is 1. The minimum atomic E-state index is -4.80. The van der Waals surface area contributed by atoms with Gasteiger partial charge in [-0.2, -0.15) is 0 Å². The van der Waals surface area contributed by atoms with E-state index in [0.717, 1.165) is 51.4 Å². The molecule has 0 amide bonds. The van der Waals surface area contributed by atoms with Gasteiger partial charge in [0.15, 0.2) is 6.10 Å². The Morgan fingerprint density at radius 3 is 1.67 bits per heavy atom. The molecule has 0 aromatic rings. The van der Waals surface area contributed by atoms with E-state index in [1.807, 2.05) is 18.2 Å². The van der Waals surface area contributed by atoms with Crippen molar-refractivity contribution in [2.75, 3.05) is 19.8 Å². The van der Waals surface area contributed by atoms with E-state index in [9.17, 15) is 34.1 Å². The Hall–Kier alpha value is -3.42. The van der Waals surface area contributed by atoms with Crippen molar-refractivity contribution >= 4 is 25.7 Å². The summed E-state index contributed by atoms with van der Waals surface area (Å²) in [6.07, 6.45) is 38.3. The van der Waals surface area contributed by atoms with Crippen LogP contribution in [0.4, 0.5) is 0 Å². The van der Waals surface area contributed by atoms with E-state index in [2.05, 4.69) is 79.1 Å². The Morgan fingerprint density at radius 1 is 0.621 bits per heavy atom. The van der Waals surface area contributed by atoms with Gasteiger partial charge in [0.1, 0.15) is 12.6 Å². The van der Waals surface area contributed by atoms with Gasteiger partial charge in [-0.3, -0.25) is 23.4 Å². The number of carboxylic acids is 1. The second kappa shape index (κ2) is 37.8. The number of ether oxygens (including phenoxy) is 2. The molecule has 14 heteroatoms. The summed E-state index contributed by atoms with van der Waals surface area (Å²) in [5.41, 5.74) is 5.31. The molecular formula is C44H72NO12P. The fourth-order valence-corrected chi connectivity index (χ4v) is 5.70. The SMILES string of the molecule is CC/C=C\C/C=C\C/C=C\C/C=C\C[C@H](O)[C@@H](O)CCCC(=O)OC[C@H](COP(=O)(O)OC[C@H](N)C(=O)O)OC(=O)CCCC/C=C\C/C=C\C/C=C\CCCCC. The van der Waals surface area contributed by atoms with E-state index in [4.69, 9.17) is 24.8 Å². The van der Waals surface area contributed by atoms with Crippen molar-refractivity contribution in [1.82, 2.24) is 0 Å². The van der Waals surface area contributed by atoms with Gasteiger partial charge in [-0.05, 0) is 89.9 Å². The first-order valence-electron chi connectivity index (χ1n) is 20.8. The fourth-order valence-electron chi connectivity index (χ4n) is 4.92. The molecule has 58 heavy (non-hydrogen) atoms. The molecule has 0 aromatic heterocycles. The van der Waals surface area contributed by atoms with Crippen LogP contribution in [0, 0.1) is 0 Å². The van der Waals surface area contributed by atoms with Gasteiger partial charge in [0.25, 0.3) is 0 Å². The number of carbonyl (C=O) groups excluding carboxylic acids is 2. The number of unbranched alkanes of at least 4 members (excludes halogenated alkanes) is 5. The Kier molecular flexibility index (Phi) is 35.6. The maximum absolute atomic E-state index is 12.6. The molecule has 0 spiro atoms. The van der Waals surface area contributed by atoms with E-state index < -0.39 is 69.9 Å². The Morgan fingerprint density at radius 2 is 1.12 bits per heavy atom. The summed E-state index contributed by atoms with van der Waals surface area (Å²) >= 11 is 0. The minimum Gasteiger partial charge on any atom is -0.480 e. The summed E-state index contributed by atoms with van der Waals surface area (Å²) in [5.74, 6) is -2.76. The quantitative estimate of drug-likeness (QED) is 0.0172. The van der Waals surface area contributed by atoms with Gasteiger partial charge in [0.2, 0.25) is 0 Å². The van der Waals surface area contributed by atoms with Crippen molar-refractivity contribution in [3.8, 4) is 0 Å². The van der Waals surface area contributed by atoms with Gasteiger partial charge in [-0.25, -0.2) is 4.57 Å². The zero-order valence-electron chi connectivity index (χ0n) is 34.8.